The van der Waals surface area contributed by atoms with E-state index in [-0.39, 0.29) is 0 Å². The van der Waals surface area contributed by atoms with Crippen LogP contribution in [0.15, 0.2) is 30.3 Å². The molecule has 4 nitrogen and oxygen atoms in total. The predicted octanol–water partition coefficient (Wildman–Crippen LogP) is 3.01. The summed E-state index contributed by atoms with van der Waals surface area (Å²) in [6, 6.07) is 11.5. The zero-order valence-corrected chi connectivity index (χ0v) is 11.1. The first-order chi connectivity index (χ1) is 9.26. The summed E-state index contributed by atoms with van der Waals surface area (Å²) >= 11 is 0. The van der Waals surface area contributed by atoms with E-state index < -0.39 is 0 Å². The molecule has 4 heteroatoms. The molecular formula is C15H16N4. The van der Waals surface area contributed by atoms with Crippen LogP contribution in [0.5, 0.6) is 0 Å². The highest BCUT2D eigenvalue weighted by molar-refractivity contribution is 5.64. The summed E-state index contributed by atoms with van der Waals surface area (Å²) in [5, 5.41) is 12.0. The SMILES string of the molecule is CCCc1nc(NC)cc(-c2cccc(C#N)c2)n1. The fraction of sp³-hybridized carbons (Fsp3) is 0.267. The average molecular weight is 252 g/mol. The van der Waals surface area contributed by atoms with E-state index in [4.69, 9.17) is 5.26 Å². The zero-order chi connectivity index (χ0) is 13.7. The van der Waals surface area contributed by atoms with Crippen LogP contribution in [0, 0.1) is 11.3 Å². The fourth-order valence-corrected chi connectivity index (χ4v) is 1.86. The van der Waals surface area contributed by atoms with Gasteiger partial charge in [0.25, 0.3) is 0 Å². The summed E-state index contributed by atoms with van der Waals surface area (Å²) in [6.45, 7) is 2.10. The predicted molar refractivity (Wildman–Crippen MR) is 75.7 cm³/mol. The minimum absolute atomic E-state index is 0.638. The van der Waals surface area contributed by atoms with Gasteiger partial charge in [-0.1, -0.05) is 19.1 Å². The van der Waals surface area contributed by atoms with E-state index in [1.807, 2.05) is 31.3 Å². The fourth-order valence-electron chi connectivity index (χ4n) is 1.86. The number of rotatable bonds is 4. The summed E-state index contributed by atoms with van der Waals surface area (Å²) in [7, 11) is 1.84. The van der Waals surface area contributed by atoms with E-state index in [1.54, 1.807) is 6.07 Å². The van der Waals surface area contributed by atoms with E-state index in [2.05, 4.69) is 28.3 Å². The maximum Gasteiger partial charge on any atom is 0.131 e. The van der Waals surface area contributed by atoms with Crippen molar-refractivity contribution in [3.8, 4) is 17.3 Å². The Balaban J connectivity index is 2.48. The lowest BCUT2D eigenvalue weighted by molar-refractivity contribution is 0.838. The van der Waals surface area contributed by atoms with Gasteiger partial charge in [0.15, 0.2) is 0 Å². The van der Waals surface area contributed by atoms with Crippen molar-refractivity contribution in [2.45, 2.75) is 19.8 Å². The summed E-state index contributed by atoms with van der Waals surface area (Å²) in [6.07, 6.45) is 1.85. The van der Waals surface area contributed by atoms with E-state index in [0.717, 1.165) is 35.7 Å². The number of hydrogen-bond donors (Lipinski definition) is 1. The maximum atomic E-state index is 8.95. The number of aromatic nitrogens is 2. The molecule has 0 saturated heterocycles. The normalized spacial score (nSPS) is 9.95. The minimum Gasteiger partial charge on any atom is -0.373 e. The van der Waals surface area contributed by atoms with Crippen LogP contribution in [-0.2, 0) is 6.42 Å². The molecule has 1 heterocycles. The molecule has 0 atom stereocenters. The highest BCUT2D eigenvalue weighted by Gasteiger charge is 2.06. The van der Waals surface area contributed by atoms with Crippen molar-refractivity contribution < 1.29 is 0 Å². The van der Waals surface area contributed by atoms with Gasteiger partial charge in [0.2, 0.25) is 0 Å². The van der Waals surface area contributed by atoms with Crippen LogP contribution in [0.4, 0.5) is 5.82 Å². The van der Waals surface area contributed by atoms with Crippen molar-refractivity contribution in [2.75, 3.05) is 12.4 Å². The summed E-state index contributed by atoms with van der Waals surface area (Å²) in [5.74, 6) is 1.63. The van der Waals surface area contributed by atoms with Gasteiger partial charge in [-0.3, -0.25) is 0 Å². The van der Waals surface area contributed by atoms with Gasteiger partial charge in [-0.05, 0) is 18.6 Å². The lowest BCUT2D eigenvalue weighted by Gasteiger charge is -2.07. The lowest BCUT2D eigenvalue weighted by Crippen LogP contribution is -2.01. The smallest absolute Gasteiger partial charge is 0.131 e. The van der Waals surface area contributed by atoms with Gasteiger partial charge in [0.05, 0.1) is 17.3 Å². The largest absolute Gasteiger partial charge is 0.373 e. The van der Waals surface area contributed by atoms with E-state index in [9.17, 15) is 0 Å². The first-order valence-electron chi connectivity index (χ1n) is 6.33. The molecule has 0 aliphatic rings. The van der Waals surface area contributed by atoms with Crippen LogP contribution in [-0.4, -0.2) is 17.0 Å². The average Bonchev–Trinajstić information content (AvgIpc) is 2.47. The molecule has 1 aromatic heterocycles. The third kappa shape index (κ3) is 3.08. The van der Waals surface area contributed by atoms with Crippen molar-refractivity contribution in [3.05, 3.63) is 41.7 Å². The second-order valence-electron chi connectivity index (χ2n) is 4.25. The number of nitriles is 1. The molecule has 1 aromatic carbocycles. The molecule has 0 unspecified atom stereocenters. The molecule has 1 N–H and O–H groups in total. The van der Waals surface area contributed by atoms with E-state index in [0.29, 0.717) is 5.56 Å². The summed E-state index contributed by atoms with van der Waals surface area (Å²) in [5.41, 5.74) is 2.43. The Kier molecular flexibility index (Phi) is 4.09. The van der Waals surface area contributed by atoms with Crippen LogP contribution in [0.3, 0.4) is 0 Å². The molecule has 0 aliphatic heterocycles. The number of hydrogen-bond acceptors (Lipinski definition) is 4. The number of anilines is 1. The van der Waals surface area contributed by atoms with Crippen LogP contribution in [0.1, 0.15) is 24.7 Å². The van der Waals surface area contributed by atoms with Crippen LogP contribution >= 0.6 is 0 Å². The molecule has 0 spiro atoms. The van der Waals surface area contributed by atoms with Gasteiger partial charge in [-0.2, -0.15) is 5.26 Å². The monoisotopic (exact) mass is 252 g/mol. The Labute approximate surface area is 113 Å². The van der Waals surface area contributed by atoms with Crippen LogP contribution in [0.2, 0.25) is 0 Å². The molecule has 19 heavy (non-hydrogen) atoms. The third-order valence-corrected chi connectivity index (χ3v) is 2.79. The number of nitrogens with one attached hydrogen (secondary N) is 1. The summed E-state index contributed by atoms with van der Waals surface area (Å²) in [4.78, 5) is 8.98. The molecule has 0 amide bonds. The van der Waals surface area contributed by atoms with Crippen molar-refractivity contribution in [3.63, 3.8) is 0 Å². The zero-order valence-electron chi connectivity index (χ0n) is 11.1. The lowest BCUT2D eigenvalue weighted by atomic mass is 10.1. The van der Waals surface area contributed by atoms with Crippen molar-refractivity contribution >= 4 is 5.82 Å². The van der Waals surface area contributed by atoms with Gasteiger partial charge in [-0.25, -0.2) is 9.97 Å². The van der Waals surface area contributed by atoms with Crippen molar-refractivity contribution in [2.24, 2.45) is 0 Å². The molecule has 0 aliphatic carbocycles. The third-order valence-electron chi connectivity index (χ3n) is 2.79. The van der Waals surface area contributed by atoms with Crippen LogP contribution < -0.4 is 5.32 Å². The molecule has 0 bridgehead atoms. The maximum absolute atomic E-state index is 8.95. The number of nitrogens with zero attached hydrogens (tertiary/aromatic N) is 3. The molecule has 2 rings (SSSR count). The highest BCUT2D eigenvalue weighted by atomic mass is 15.0. The van der Waals surface area contributed by atoms with Crippen molar-refractivity contribution in [1.29, 1.82) is 5.26 Å². The van der Waals surface area contributed by atoms with Gasteiger partial charge in [0.1, 0.15) is 11.6 Å². The van der Waals surface area contributed by atoms with Crippen molar-refractivity contribution in [1.82, 2.24) is 9.97 Å². The van der Waals surface area contributed by atoms with E-state index in [1.165, 1.54) is 0 Å². The first kappa shape index (κ1) is 13.0. The standard InChI is InChI=1S/C15H16N4/c1-3-5-14-18-13(9-15(17-2)19-14)12-7-4-6-11(8-12)10-16/h4,6-9H,3,5H2,1-2H3,(H,17,18,19). The number of aryl methyl sites for hydroxylation is 1. The molecule has 0 radical (unpaired) electrons. The highest BCUT2D eigenvalue weighted by Crippen LogP contribution is 2.21. The van der Waals surface area contributed by atoms with E-state index >= 15 is 0 Å². The molecule has 2 aromatic rings. The quantitative estimate of drug-likeness (QED) is 0.908. The Hall–Kier alpha value is -2.41. The van der Waals surface area contributed by atoms with Gasteiger partial charge in [0, 0.05) is 25.1 Å². The Morgan fingerprint density at radius 1 is 1.26 bits per heavy atom. The first-order valence-corrected chi connectivity index (χ1v) is 6.33. The second kappa shape index (κ2) is 5.96. The summed E-state index contributed by atoms with van der Waals surface area (Å²) < 4.78 is 0. The van der Waals surface area contributed by atoms with Gasteiger partial charge in [-0.15, -0.1) is 0 Å². The number of benzene rings is 1. The van der Waals surface area contributed by atoms with Gasteiger partial charge < -0.3 is 5.32 Å². The Bertz CT molecular complexity index is 614. The molecular weight excluding hydrogens is 236 g/mol. The molecule has 0 fully saturated rings. The minimum atomic E-state index is 0.638. The topological polar surface area (TPSA) is 61.6 Å². The Morgan fingerprint density at radius 2 is 2.11 bits per heavy atom. The van der Waals surface area contributed by atoms with Crippen LogP contribution in [0.25, 0.3) is 11.3 Å². The molecule has 0 saturated carbocycles. The second-order valence-corrected chi connectivity index (χ2v) is 4.25. The molecule has 96 valence electrons. The Morgan fingerprint density at radius 3 is 2.79 bits per heavy atom. The van der Waals surface area contributed by atoms with Gasteiger partial charge >= 0.3 is 0 Å².